The first-order chi connectivity index (χ1) is 12.7. The molecule has 1 saturated heterocycles. The van der Waals surface area contributed by atoms with E-state index < -0.39 is 0 Å². The summed E-state index contributed by atoms with van der Waals surface area (Å²) < 4.78 is 11.6. The maximum atomic E-state index is 12.7. The summed E-state index contributed by atoms with van der Waals surface area (Å²) in [5, 5.41) is 13.4. The van der Waals surface area contributed by atoms with Gasteiger partial charge in [0, 0.05) is 30.2 Å². The molecule has 2 saturated carbocycles. The summed E-state index contributed by atoms with van der Waals surface area (Å²) in [6, 6.07) is 7.91. The Bertz CT molecular complexity index is 635. The number of aliphatic hydroxyl groups excluding tert-OH is 1. The molecular weight excluding hydrogens is 330 g/mol. The fourth-order valence-electron chi connectivity index (χ4n) is 4.77. The van der Waals surface area contributed by atoms with E-state index in [1.807, 2.05) is 24.3 Å². The molecule has 2 atom stereocenters. The minimum Gasteiger partial charge on any atom is -0.490 e. The molecule has 5 heteroatoms. The van der Waals surface area contributed by atoms with Gasteiger partial charge in [0.05, 0.1) is 18.6 Å². The van der Waals surface area contributed by atoms with Crippen molar-refractivity contribution in [2.45, 2.75) is 69.6 Å². The van der Waals surface area contributed by atoms with Crippen LogP contribution in [0.1, 0.15) is 50.5 Å². The van der Waals surface area contributed by atoms with Crippen LogP contribution in [0, 0.1) is 5.41 Å². The van der Waals surface area contributed by atoms with Crippen molar-refractivity contribution in [3.8, 4) is 5.75 Å². The summed E-state index contributed by atoms with van der Waals surface area (Å²) in [7, 11) is 0. The minimum atomic E-state index is -0.324. The highest BCUT2D eigenvalue weighted by Crippen LogP contribution is 2.49. The number of benzene rings is 1. The molecule has 1 heterocycles. The topological polar surface area (TPSA) is 67.8 Å². The summed E-state index contributed by atoms with van der Waals surface area (Å²) in [5.74, 6) is 0.846. The van der Waals surface area contributed by atoms with Gasteiger partial charge >= 0.3 is 0 Å². The maximum Gasteiger partial charge on any atom is 0.224 e. The van der Waals surface area contributed by atoms with Crippen molar-refractivity contribution >= 4 is 5.91 Å². The number of ether oxygens (including phenoxy) is 2. The molecular formula is C21H29NO4. The fraction of sp³-hybridized carbons (Fsp3) is 0.667. The molecule has 26 heavy (non-hydrogen) atoms. The Balaban J connectivity index is 1.38. The third-order valence-corrected chi connectivity index (χ3v) is 6.49. The first-order valence-corrected chi connectivity index (χ1v) is 9.97. The summed E-state index contributed by atoms with van der Waals surface area (Å²) in [6.07, 6.45) is 7.22. The SMILES string of the molecule is O=C(Cc1ccccc1OC1CCCC1)N[C@@H]1C[C@@H](O)C12CCOCC2. The van der Waals surface area contributed by atoms with E-state index in [1.165, 1.54) is 12.8 Å². The largest absolute Gasteiger partial charge is 0.490 e. The highest BCUT2D eigenvalue weighted by atomic mass is 16.5. The van der Waals surface area contributed by atoms with Crippen molar-refractivity contribution < 1.29 is 19.4 Å². The second-order valence-corrected chi connectivity index (χ2v) is 8.03. The molecule has 0 radical (unpaired) electrons. The molecule has 1 aromatic carbocycles. The number of amides is 1. The van der Waals surface area contributed by atoms with Crippen molar-refractivity contribution in [1.82, 2.24) is 5.32 Å². The van der Waals surface area contributed by atoms with Gasteiger partial charge in [-0.15, -0.1) is 0 Å². The van der Waals surface area contributed by atoms with Crippen LogP contribution in [0.3, 0.4) is 0 Å². The van der Waals surface area contributed by atoms with Crippen LogP contribution in [0.15, 0.2) is 24.3 Å². The smallest absolute Gasteiger partial charge is 0.224 e. The molecule has 1 aliphatic heterocycles. The highest BCUT2D eigenvalue weighted by Gasteiger charge is 2.55. The molecule has 2 N–H and O–H groups in total. The van der Waals surface area contributed by atoms with E-state index in [-0.39, 0.29) is 29.6 Å². The number of carbonyl (C=O) groups is 1. The molecule has 1 amide bonds. The summed E-state index contributed by atoms with van der Waals surface area (Å²) in [4.78, 5) is 12.7. The van der Waals surface area contributed by atoms with E-state index in [2.05, 4.69) is 5.32 Å². The Labute approximate surface area is 155 Å². The lowest BCUT2D eigenvalue weighted by molar-refractivity contribution is -0.155. The number of rotatable bonds is 5. The fourth-order valence-corrected chi connectivity index (χ4v) is 4.77. The van der Waals surface area contributed by atoms with Crippen molar-refractivity contribution in [1.29, 1.82) is 0 Å². The first-order valence-electron chi connectivity index (χ1n) is 9.97. The van der Waals surface area contributed by atoms with Crippen LogP contribution in [-0.2, 0) is 16.0 Å². The minimum absolute atomic E-state index is 0.00948. The predicted octanol–water partition coefficient (Wildman–Crippen LogP) is 2.60. The number of para-hydroxylation sites is 1. The molecule has 3 fully saturated rings. The van der Waals surface area contributed by atoms with Crippen molar-refractivity contribution in [2.24, 2.45) is 5.41 Å². The van der Waals surface area contributed by atoms with Crippen LogP contribution in [0.25, 0.3) is 0 Å². The molecule has 0 bridgehead atoms. The van der Waals surface area contributed by atoms with E-state index in [9.17, 15) is 9.90 Å². The molecule has 5 nitrogen and oxygen atoms in total. The second-order valence-electron chi connectivity index (χ2n) is 8.03. The first kappa shape index (κ1) is 17.8. The van der Waals surface area contributed by atoms with E-state index >= 15 is 0 Å². The molecule has 1 aromatic rings. The van der Waals surface area contributed by atoms with Crippen molar-refractivity contribution in [3.63, 3.8) is 0 Å². The van der Waals surface area contributed by atoms with Crippen molar-refractivity contribution in [3.05, 3.63) is 29.8 Å². The van der Waals surface area contributed by atoms with Gasteiger partial charge in [-0.3, -0.25) is 4.79 Å². The zero-order valence-corrected chi connectivity index (χ0v) is 15.3. The Morgan fingerprint density at radius 1 is 1.23 bits per heavy atom. The van der Waals surface area contributed by atoms with Gasteiger partial charge in [0.1, 0.15) is 5.75 Å². The molecule has 3 aliphatic rings. The van der Waals surface area contributed by atoms with E-state index in [0.717, 1.165) is 37.0 Å². The normalized spacial score (nSPS) is 27.9. The number of carbonyl (C=O) groups excluding carboxylic acids is 1. The molecule has 0 unspecified atom stereocenters. The Hall–Kier alpha value is -1.59. The van der Waals surface area contributed by atoms with Gasteiger partial charge in [0.25, 0.3) is 0 Å². The standard InChI is InChI=1S/C21H29NO4/c23-19-14-18(21(19)9-11-25-12-10-21)22-20(24)13-15-5-1-4-8-17(15)26-16-6-2-3-7-16/h1,4-5,8,16,18-19,23H,2-3,6-7,9-14H2,(H,22,24)/t18-,19-/m1/s1. The van der Waals surface area contributed by atoms with Gasteiger partial charge in [-0.2, -0.15) is 0 Å². The van der Waals surface area contributed by atoms with Gasteiger partial charge in [-0.1, -0.05) is 18.2 Å². The Morgan fingerprint density at radius 2 is 1.96 bits per heavy atom. The second kappa shape index (κ2) is 7.57. The Morgan fingerprint density at radius 3 is 2.69 bits per heavy atom. The van der Waals surface area contributed by atoms with E-state index in [1.54, 1.807) is 0 Å². The molecule has 142 valence electrons. The lowest BCUT2D eigenvalue weighted by atomic mass is 9.58. The van der Waals surface area contributed by atoms with Crippen LogP contribution in [0.4, 0.5) is 0 Å². The van der Waals surface area contributed by atoms with Gasteiger partial charge in [-0.25, -0.2) is 0 Å². The summed E-state index contributed by atoms with van der Waals surface area (Å²) in [5.41, 5.74) is 0.756. The Kier molecular flexibility index (Phi) is 5.18. The van der Waals surface area contributed by atoms with Crippen molar-refractivity contribution in [2.75, 3.05) is 13.2 Å². The number of aliphatic hydroxyl groups is 1. The van der Waals surface area contributed by atoms with Gasteiger partial charge in [0.15, 0.2) is 0 Å². The lowest BCUT2D eigenvalue weighted by Gasteiger charge is -2.55. The summed E-state index contributed by atoms with van der Waals surface area (Å²) in [6.45, 7) is 1.34. The lowest BCUT2D eigenvalue weighted by Crippen LogP contribution is -2.65. The van der Waals surface area contributed by atoms with E-state index in [4.69, 9.17) is 9.47 Å². The molecule has 1 spiro atoms. The maximum absolute atomic E-state index is 12.7. The zero-order valence-electron chi connectivity index (χ0n) is 15.3. The number of hydrogen-bond acceptors (Lipinski definition) is 4. The monoisotopic (exact) mass is 359 g/mol. The predicted molar refractivity (Wildman–Crippen MR) is 98.1 cm³/mol. The van der Waals surface area contributed by atoms with Crippen LogP contribution in [0.2, 0.25) is 0 Å². The summed E-state index contributed by atoms with van der Waals surface area (Å²) >= 11 is 0. The average Bonchev–Trinajstić information content (AvgIpc) is 3.17. The number of nitrogens with one attached hydrogen (secondary N) is 1. The molecule has 2 aliphatic carbocycles. The number of hydrogen-bond donors (Lipinski definition) is 2. The highest BCUT2D eigenvalue weighted by molar-refractivity contribution is 5.80. The van der Waals surface area contributed by atoms with Gasteiger partial charge in [-0.05, 0) is 51.0 Å². The quantitative estimate of drug-likeness (QED) is 0.848. The molecule has 0 aromatic heterocycles. The van der Waals surface area contributed by atoms with Gasteiger partial charge in [0.2, 0.25) is 5.91 Å². The van der Waals surface area contributed by atoms with Crippen LogP contribution in [-0.4, -0.2) is 42.5 Å². The van der Waals surface area contributed by atoms with E-state index in [0.29, 0.717) is 26.1 Å². The average molecular weight is 359 g/mol. The van der Waals surface area contributed by atoms with Crippen LogP contribution >= 0.6 is 0 Å². The molecule has 4 rings (SSSR count). The van der Waals surface area contributed by atoms with Crippen LogP contribution < -0.4 is 10.1 Å². The van der Waals surface area contributed by atoms with Crippen LogP contribution in [0.5, 0.6) is 5.75 Å². The third-order valence-electron chi connectivity index (χ3n) is 6.49. The third kappa shape index (κ3) is 3.47. The zero-order chi connectivity index (χ0) is 18.0. The van der Waals surface area contributed by atoms with Gasteiger partial charge < -0.3 is 19.9 Å².